The van der Waals surface area contributed by atoms with Crippen molar-refractivity contribution in [2.24, 2.45) is 0 Å². The average molecular weight is 1430 g/mol. The minimum atomic E-state index is -1.98. The lowest BCUT2D eigenvalue weighted by atomic mass is 9.86. The molecule has 558 valence electrons. The molecule has 4 aliphatic rings. The Labute approximate surface area is 592 Å². The number of carbonyl (C=O) groups excluding carboxylic acids is 8. The molecular weight excluding hydrogens is 1330 g/mol. The quantitative estimate of drug-likeness (QED) is 0.0141. The maximum atomic E-state index is 15.3. The number of benzene rings is 2. The van der Waals surface area contributed by atoms with Crippen molar-refractivity contribution in [1.29, 1.82) is 0 Å². The third-order valence-corrected chi connectivity index (χ3v) is 17.7. The number of aromatic nitrogens is 2. The molecule has 31 heteroatoms. The number of hydrogen-bond acceptors (Lipinski definition) is 22. The Hall–Kier alpha value is -8.37. The summed E-state index contributed by atoms with van der Waals surface area (Å²) in [6, 6.07) is 11.3. The Morgan fingerprint density at radius 1 is 0.716 bits per heavy atom. The number of nitrogens with zero attached hydrogens (tertiary/aromatic N) is 5. The highest BCUT2D eigenvalue weighted by Crippen LogP contribution is 2.42. The van der Waals surface area contributed by atoms with E-state index in [1.54, 1.807) is 23.6 Å². The van der Waals surface area contributed by atoms with E-state index in [9.17, 15) is 48.3 Å². The molecule has 0 saturated carbocycles. The first-order valence-electron chi connectivity index (χ1n) is 34.8. The van der Waals surface area contributed by atoms with E-state index < -0.39 is 53.2 Å². The molecule has 102 heavy (non-hydrogen) atoms. The molecule has 0 unspecified atom stereocenters. The van der Waals surface area contributed by atoms with Gasteiger partial charge in [-0.05, 0) is 69.4 Å². The standard InChI is InChI=1S/C71H97FN10O20/c1-6-71(92)55-42-59-66-53(45-81(59)68(89)54(55)47-102-69(71)90)52(51-41-60(93-5)56(72)43-58(51)78-66)44-79-22-24-82(4,25-23-79)46-49-11-13-50(14-12-49)76-70(91)101-40-39-100-38-37-99-36-35-98-34-33-97-32-31-96-30-29-95-28-27-94-26-20-73-61(83)16-15-57(67(88)74-19-7-9-62(84)75-48(2)3)77-63(85)10-8-21-80-64(86)17-18-65(80)87/h11-14,17-18,41-43,48,57,92H,6-10,15-16,19-40,44-47H2,1-5H3,(H4-,73,74,75,76,77,83,84,85,88,91)/p+1/t57-,71-/m0/s1. The zero-order valence-electron chi connectivity index (χ0n) is 59.0. The molecule has 8 rings (SSSR count). The fourth-order valence-corrected chi connectivity index (χ4v) is 12.1. The fraction of sp³-hybridized carbons (Fsp3) is 0.577. The predicted molar refractivity (Wildman–Crippen MR) is 368 cm³/mol. The van der Waals surface area contributed by atoms with Crippen molar-refractivity contribution in [2.75, 3.05) is 164 Å². The summed E-state index contributed by atoms with van der Waals surface area (Å²) in [5.41, 5.74) is 2.86. The van der Waals surface area contributed by atoms with E-state index in [1.165, 1.54) is 13.2 Å². The van der Waals surface area contributed by atoms with Crippen molar-refractivity contribution in [3.63, 3.8) is 0 Å². The molecule has 0 aliphatic carbocycles. The van der Waals surface area contributed by atoms with Gasteiger partial charge in [0.25, 0.3) is 17.4 Å². The van der Waals surface area contributed by atoms with Gasteiger partial charge in [0.05, 0.1) is 149 Å². The maximum Gasteiger partial charge on any atom is 0.411 e. The normalized spacial score (nSPS) is 16.4. The van der Waals surface area contributed by atoms with Crippen LogP contribution in [-0.2, 0) is 108 Å². The van der Waals surface area contributed by atoms with Gasteiger partial charge >= 0.3 is 12.1 Å². The third-order valence-electron chi connectivity index (χ3n) is 17.7. The number of anilines is 1. The van der Waals surface area contributed by atoms with Crippen LogP contribution in [0.4, 0.5) is 14.9 Å². The van der Waals surface area contributed by atoms with Gasteiger partial charge in [-0.2, -0.15) is 0 Å². The summed E-state index contributed by atoms with van der Waals surface area (Å²) in [5.74, 6) is -3.67. The lowest BCUT2D eigenvalue weighted by Crippen LogP contribution is -2.56. The summed E-state index contributed by atoms with van der Waals surface area (Å²) in [6.07, 6.45) is 2.41. The first-order valence-corrected chi connectivity index (χ1v) is 34.8. The predicted octanol–water partition coefficient (Wildman–Crippen LogP) is 2.86. The number of imide groups is 1. The van der Waals surface area contributed by atoms with E-state index in [0.717, 1.165) is 70.9 Å². The molecular formula is C71H98FN10O20+. The number of nitrogens with one attached hydrogen (secondary N) is 5. The van der Waals surface area contributed by atoms with Crippen LogP contribution in [0.1, 0.15) is 93.5 Å². The molecule has 2 atom stereocenters. The number of likely N-dealkylation sites (N-methyl/N-ethyl adjacent to an activating group) is 1. The molecule has 6 heterocycles. The smallest absolute Gasteiger partial charge is 0.411 e. The van der Waals surface area contributed by atoms with Crippen molar-refractivity contribution in [3.8, 4) is 17.1 Å². The van der Waals surface area contributed by atoms with Crippen LogP contribution in [0, 0.1) is 5.82 Å². The number of cyclic esters (lactones) is 1. The second-order valence-corrected chi connectivity index (χ2v) is 25.7. The number of ether oxygens (including phenoxy) is 10. The van der Waals surface area contributed by atoms with E-state index in [2.05, 4.69) is 38.5 Å². The molecule has 0 radical (unpaired) electrons. The van der Waals surface area contributed by atoms with Gasteiger partial charge in [0.2, 0.25) is 23.6 Å². The highest BCUT2D eigenvalue weighted by Gasteiger charge is 2.46. The van der Waals surface area contributed by atoms with E-state index >= 15 is 4.39 Å². The van der Waals surface area contributed by atoms with Crippen LogP contribution in [0.5, 0.6) is 5.75 Å². The molecule has 2 aromatic heterocycles. The SMILES string of the molecule is CC[C@@]1(O)C(=O)OCc2c1cc1n(c2=O)Cc2c-1nc1cc(F)c(OC)cc1c2CN1CC[N+](C)(Cc2ccc(NC(=O)OCCOCCOCCOCCOCCOCCOCCOCCNC(=O)CC[C@H](NC(=O)CCCN3C(=O)C=CC3=O)C(=O)NCCCC(=O)NC(C)C)cc2)CC1. The highest BCUT2D eigenvalue weighted by atomic mass is 19.1. The van der Waals surface area contributed by atoms with Crippen LogP contribution in [0.3, 0.4) is 0 Å². The first-order chi connectivity index (χ1) is 49.2. The number of amides is 7. The van der Waals surface area contributed by atoms with Crippen LogP contribution >= 0.6 is 0 Å². The number of piperazine rings is 1. The van der Waals surface area contributed by atoms with E-state index in [0.29, 0.717) is 120 Å². The fourth-order valence-electron chi connectivity index (χ4n) is 12.1. The number of carbonyl (C=O) groups is 8. The van der Waals surface area contributed by atoms with Crippen LogP contribution in [0.15, 0.2) is 59.4 Å². The molecule has 7 amide bonds. The van der Waals surface area contributed by atoms with Crippen LogP contribution in [0.25, 0.3) is 22.3 Å². The van der Waals surface area contributed by atoms with Gasteiger partial charge in [0, 0.05) is 111 Å². The number of rotatable bonds is 45. The molecule has 1 saturated heterocycles. The molecule has 1 fully saturated rings. The van der Waals surface area contributed by atoms with Crippen LogP contribution in [-0.4, -0.2) is 248 Å². The number of halogens is 1. The zero-order valence-corrected chi connectivity index (χ0v) is 59.0. The Kier molecular flexibility index (Phi) is 31.0. The topological polar surface area (TPSA) is 351 Å². The lowest BCUT2D eigenvalue weighted by molar-refractivity contribution is -0.926. The Morgan fingerprint density at radius 2 is 1.30 bits per heavy atom. The molecule has 2 aromatic carbocycles. The third kappa shape index (κ3) is 23.3. The van der Waals surface area contributed by atoms with Crippen molar-refractivity contribution in [1.82, 2.24) is 40.6 Å². The van der Waals surface area contributed by atoms with Gasteiger partial charge in [0.15, 0.2) is 17.2 Å². The van der Waals surface area contributed by atoms with Gasteiger partial charge in [-0.25, -0.2) is 19.0 Å². The van der Waals surface area contributed by atoms with Gasteiger partial charge in [-0.1, -0.05) is 19.1 Å². The monoisotopic (exact) mass is 1430 g/mol. The molecule has 6 N–H and O–H groups in total. The summed E-state index contributed by atoms with van der Waals surface area (Å²) >= 11 is 0. The van der Waals surface area contributed by atoms with Gasteiger partial charge < -0.3 is 82.8 Å². The van der Waals surface area contributed by atoms with Crippen LogP contribution in [0.2, 0.25) is 0 Å². The molecule has 4 aliphatic heterocycles. The van der Waals surface area contributed by atoms with Crippen molar-refractivity contribution in [2.45, 2.75) is 110 Å². The minimum Gasteiger partial charge on any atom is -0.494 e. The molecule has 30 nitrogen and oxygen atoms in total. The molecule has 0 bridgehead atoms. The second-order valence-electron chi connectivity index (χ2n) is 25.7. The summed E-state index contributed by atoms with van der Waals surface area (Å²) < 4.78 is 72.4. The van der Waals surface area contributed by atoms with Crippen LogP contribution < -0.4 is 36.9 Å². The number of fused-ring (bicyclic) bond motifs is 5. The molecule has 4 aromatic rings. The summed E-state index contributed by atoms with van der Waals surface area (Å²) in [7, 11) is 3.63. The average Bonchev–Trinajstić information content (AvgIpc) is 1.57. The maximum absolute atomic E-state index is 15.3. The number of quaternary nitrogens is 1. The van der Waals surface area contributed by atoms with Crippen molar-refractivity contribution >= 4 is 64.1 Å². The Bertz CT molecular complexity index is 3600. The Balaban J connectivity index is 0.593. The second kappa shape index (κ2) is 39.9. The number of pyridine rings is 2. The highest BCUT2D eigenvalue weighted by molar-refractivity contribution is 6.12. The van der Waals surface area contributed by atoms with E-state index in [1.807, 2.05) is 38.1 Å². The Morgan fingerprint density at radius 3 is 1.90 bits per heavy atom. The molecule has 0 spiro atoms. The van der Waals surface area contributed by atoms with Gasteiger partial charge in [-0.15, -0.1) is 0 Å². The zero-order chi connectivity index (χ0) is 73.0. The number of aliphatic hydroxyl groups is 1. The van der Waals surface area contributed by atoms with E-state index in [-0.39, 0.29) is 131 Å². The lowest BCUT2D eigenvalue weighted by Gasteiger charge is -2.42. The van der Waals surface area contributed by atoms with Gasteiger partial charge in [-0.3, -0.25) is 48.7 Å². The largest absolute Gasteiger partial charge is 0.494 e. The van der Waals surface area contributed by atoms with Gasteiger partial charge in [0.1, 0.15) is 25.8 Å². The van der Waals surface area contributed by atoms with Crippen molar-refractivity contribution in [3.05, 3.63) is 98.6 Å². The van der Waals surface area contributed by atoms with Crippen molar-refractivity contribution < 1.29 is 99.7 Å². The summed E-state index contributed by atoms with van der Waals surface area (Å²) in [5, 5.41) is 25.8. The number of methoxy groups -OCH3 is 1. The summed E-state index contributed by atoms with van der Waals surface area (Å²) in [6.45, 7) is 14.9. The van der Waals surface area contributed by atoms with E-state index in [4.69, 9.17) is 52.4 Å². The number of hydrogen-bond donors (Lipinski definition) is 6. The number of esters is 1. The first kappa shape index (κ1) is 79.3. The summed E-state index contributed by atoms with van der Waals surface area (Å²) in [4.78, 5) is 122. The minimum absolute atomic E-state index is 0.00807.